The van der Waals surface area contributed by atoms with E-state index in [-0.39, 0.29) is 6.42 Å². The van der Waals surface area contributed by atoms with Crippen molar-refractivity contribution in [3.8, 4) is 0 Å². The Hall–Kier alpha value is -1.15. The number of carbonyl (C=O) groups is 2. The number of carboxylic acid groups (broad SMARTS) is 2. The van der Waals surface area contributed by atoms with Gasteiger partial charge in [-0.25, -0.2) is 0 Å². The summed E-state index contributed by atoms with van der Waals surface area (Å²) >= 11 is 0. The van der Waals surface area contributed by atoms with Crippen molar-refractivity contribution in [2.24, 2.45) is 0 Å². The van der Waals surface area contributed by atoms with E-state index in [1.54, 1.807) is 0 Å². The maximum atomic E-state index is 11.4. The molecule has 1 unspecified atom stereocenters. The Morgan fingerprint density at radius 2 is 1.29 bits per heavy atom. The molecule has 1 atom stereocenters. The highest BCUT2D eigenvalue weighted by molar-refractivity contribution is 7.88. The van der Waals surface area contributed by atoms with Gasteiger partial charge < -0.3 is 19.8 Å². The number of rotatable bonds is 15. The Labute approximate surface area is 144 Å². The van der Waals surface area contributed by atoms with E-state index in [4.69, 9.17) is 4.55 Å². The summed E-state index contributed by atoms with van der Waals surface area (Å²) in [5.74, 6) is -3.96. The highest BCUT2D eigenvalue weighted by Crippen LogP contribution is 2.28. The first-order valence-corrected chi connectivity index (χ1v) is 9.99. The van der Waals surface area contributed by atoms with Crippen LogP contribution in [-0.2, 0) is 19.7 Å². The minimum absolute atomic E-state index is 0.177. The number of unbranched alkanes of at least 4 members (excludes halogenated alkanes) is 9. The van der Waals surface area contributed by atoms with E-state index in [0.29, 0.717) is 6.42 Å². The Kier molecular flexibility index (Phi) is 10.9. The quantitative estimate of drug-likeness (QED) is 0.335. The topological polar surface area (TPSA) is 135 Å². The lowest BCUT2D eigenvalue weighted by Gasteiger charge is -2.31. The van der Waals surface area contributed by atoms with Crippen molar-refractivity contribution in [2.45, 2.75) is 88.7 Å². The molecule has 8 heteroatoms. The summed E-state index contributed by atoms with van der Waals surface area (Å²) in [6.45, 7) is 2.15. The second-order valence-electron chi connectivity index (χ2n) is 6.24. The van der Waals surface area contributed by atoms with Crippen LogP contribution in [0.15, 0.2) is 0 Å². The lowest BCUT2D eigenvalue weighted by molar-refractivity contribution is -0.319. The lowest BCUT2D eigenvalue weighted by atomic mass is 9.96. The van der Waals surface area contributed by atoms with Gasteiger partial charge in [-0.05, 0) is 6.42 Å². The van der Waals surface area contributed by atoms with E-state index in [1.807, 2.05) is 0 Å². The summed E-state index contributed by atoms with van der Waals surface area (Å²) in [5.41, 5.74) is 0. The largest absolute Gasteiger partial charge is 0.550 e. The van der Waals surface area contributed by atoms with Gasteiger partial charge in [-0.1, -0.05) is 71.1 Å². The molecule has 0 aromatic rings. The van der Waals surface area contributed by atoms with Gasteiger partial charge in [0, 0.05) is 12.4 Å². The van der Waals surface area contributed by atoms with Gasteiger partial charge in [0.25, 0.3) is 10.1 Å². The predicted octanol–water partition coefficient (Wildman–Crippen LogP) is 0.814. The third-order valence-corrected chi connectivity index (χ3v) is 5.73. The maximum absolute atomic E-state index is 11.4. The zero-order valence-corrected chi connectivity index (χ0v) is 15.1. The fourth-order valence-electron chi connectivity index (χ4n) is 2.72. The van der Waals surface area contributed by atoms with Crippen LogP contribution in [0.4, 0.5) is 0 Å². The first-order valence-electron chi connectivity index (χ1n) is 8.55. The van der Waals surface area contributed by atoms with Gasteiger partial charge in [0.05, 0.1) is 5.97 Å². The number of carbonyl (C=O) groups excluding carboxylic acids is 2. The van der Waals surface area contributed by atoms with Crippen LogP contribution in [0.5, 0.6) is 0 Å². The van der Waals surface area contributed by atoms with Crippen LogP contribution < -0.4 is 10.2 Å². The molecule has 1 N–H and O–H groups in total. The predicted molar refractivity (Wildman–Crippen MR) is 85.4 cm³/mol. The van der Waals surface area contributed by atoms with Crippen LogP contribution in [0.25, 0.3) is 0 Å². The third kappa shape index (κ3) is 8.10. The Morgan fingerprint density at radius 3 is 1.62 bits per heavy atom. The summed E-state index contributed by atoms with van der Waals surface area (Å²) in [6.07, 6.45) is 7.72. The Morgan fingerprint density at radius 1 is 0.875 bits per heavy atom. The molecule has 0 spiro atoms. The summed E-state index contributed by atoms with van der Waals surface area (Å²) in [6, 6.07) is 0. The van der Waals surface area contributed by atoms with Crippen molar-refractivity contribution in [1.82, 2.24) is 0 Å². The monoisotopic (exact) mass is 364 g/mol. The minimum Gasteiger partial charge on any atom is -0.550 e. The first-order chi connectivity index (χ1) is 11.2. The van der Waals surface area contributed by atoms with E-state index in [2.05, 4.69) is 6.92 Å². The Balaban J connectivity index is 4.26. The van der Waals surface area contributed by atoms with Crippen molar-refractivity contribution in [3.63, 3.8) is 0 Å². The molecule has 24 heavy (non-hydrogen) atoms. The molecular weight excluding hydrogens is 336 g/mol. The van der Waals surface area contributed by atoms with E-state index in [9.17, 15) is 28.2 Å². The van der Waals surface area contributed by atoms with Crippen molar-refractivity contribution in [3.05, 3.63) is 0 Å². The number of hydrogen-bond donors (Lipinski definition) is 1. The van der Waals surface area contributed by atoms with Crippen molar-refractivity contribution in [2.75, 3.05) is 0 Å². The van der Waals surface area contributed by atoms with Crippen molar-refractivity contribution >= 4 is 22.1 Å². The van der Waals surface area contributed by atoms with Crippen LogP contribution in [0.1, 0.15) is 84.0 Å². The van der Waals surface area contributed by atoms with Gasteiger partial charge in [-0.2, -0.15) is 8.42 Å². The molecule has 0 aliphatic heterocycles. The van der Waals surface area contributed by atoms with Crippen LogP contribution >= 0.6 is 0 Å². The van der Waals surface area contributed by atoms with Crippen LogP contribution in [0.3, 0.4) is 0 Å². The fourth-order valence-corrected chi connectivity index (χ4v) is 3.63. The lowest BCUT2D eigenvalue weighted by Crippen LogP contribution is -2.56. The molecule has 0 aliphatic carbocycles. The van der Waals surface area contributed by atoms with Crippen LogP contribution in [-0.4, -0.2) is 29.7 Å². The molecule has 0 aromatic carbocycles. The second kappa shape index (κ2) is 11.4. The van der Waals surface area contributed by atoms with E-state index in [0.717, 1.165) is 25.7 Å². The molecule has 142 valence electrons. The summed E-state index contributed by atoms with van der Waals surface area (Å²) < 4.78 is 29.1. The van der Waals surface area contributed by atoms with Gasteiger partial charge >= 0.3 is 0 Å². The molecule has 0 rings (SSSR count). The average molecular weight is 364 g/mol. The van der Waals surface area contributed by atoms with Crippen molar-refractivity contribution < 1.29 is 32.8 Å². The smallest absolute Gasteiger partial charge is 0.276 e. The maximum Gasteiger partial charge on any atom is 0.276 e. The van der Waals surface area contributed by atoms with Crippen molar-refractivity contribution in [1.29, 1.82) is 0 Å². The zero-order valence-electron chi connectivity index (χ0n) is 14.3. The summed E-state index contributed by atoms with van der Waals surface area (Å²) in [4.78, 5) is 21.8. The summed E-state index contributed by atoms with van der Waals surface area (Å²) in [5, 5.41) is 21.8. The average Bonchev–Trinajstić information content (AvgIpc) is 2.46. The van der Waals surface area contributed by atoms with Gasteiger partial charge in [0.15, 0.2) is 0 Å². The molecule has 0 radical (unpaired) electrons. The standard InChI is InChI=1S/C16H30O7S/c1-2-3-4-5-6-7-8-9-10-11-12-16(15(19)20,13-14(17)18)24(21,22)23/h2-13H2,1H3,(H,17,18)(H,19,20)(H,21,22,23)/p-2. The molecule has 0 amide bonds. The molecule has 0 saturated heterocycles. The summed E-state index contributed by atoms with van der Waals surface area (Å²) in [7, 11) is -5.11. The minimum atomic E-state index is -5.11. The van der Waals surface area contributed by atoms with E-state index in [1.165, 1.54) is 25.7 Å². The SMILES string of the molecule is CCCCCCCCCCCCC(CC(=O)[O-])(C(=O)[O-])S(=O)(=O)O. The third-order valence-electron chi connectivity index (χ3n) is 4.23. The van der Waals surface area contributed by atoms with Crippen LogP contribution in [0.2, 0.25) is 0 Å². The van der Waals surface area contributed by atoms with Gasteiger partial charge in [0.1, 0.15) is 4.75 Å². The van der Waals surface area contributed by atoms with Gasteiger partial charge in [0.2, 0.25) is 0 Å². The normalized spacial score (nSPS) is 14.2. The molecule has 0 heterocycles. The molecule has 0 aliphatic rings. The number of hydrogen-bond acceptors (Lipinski definition) is 6. The fraction of sp³-hybridized carbons (Fsp3) is 0.875. The zero-order chi connectivity index (χ0) is 18.6. The second-order valence-corrected chi connectivity index (χ2v) is 7.97. The highest BCUT2D eigenvalue weighted by atomic mass is 32.2. The van der Waals surface area contributed by atoms with Gasteiger partial charge in [-0.15, -0.1) is 0 Å². The highest BCUT2D eigenvalue weighted by Gasteiger charge is 2.44. The first kappa shape index (κ1) is 22.9. The molecule has 0 saturated carbocycles. The molecule has 0 fully saturated rings. The van der Waals surface area contributed by atoms with E-state index >= 15 is 0 Å². The molecular formula is C16H28O7S-2. The molecule has 7 nitrogen and oxygen atoms in total. The number of carboxylic acids is 2. The van der Waals surface area contributed by atoms with Gasteiger partial charge in [-0.3, -0.25) is 4.55 Å². The Bertz CT molecular complexity index is 487. The molecule has 0 bridgehead atoms. The van der Waals surface area contributed by atoms with E-state index < -0.39 is 39.6 Å². The molecule has 0 aromatic heterocycles. The number of aliphatic carboxylic acids is 2. The van der Waals surface area contributed by atoms with Crippen LogP contribution in [0, 0.1) is 0 Å².